The van der Waals surface area contributed by atoms with Gasteiger partial charge < -0.3 is 20.3 Å². The molecule has 1 aromatic rings. The lowest BCUT2D eigenvalue weighted by Crippen LogP contribution is -2.14. The molecule has 16 heavy (non-hydrogen) atoms. The molecular formula is C11H16FNO3. The number of hydrogen-bond acceptors (Lipinski definition) is 4. The Morgan fingerprint density at radius 3 is 2.38 bits per heavy atom. The Kier molecular flexibility index (Phi) is 4.09. The minimum atomic E-state index is -0.908. The molecule has 0 spiro atoms. The van der Waals surface area contributed by atoms with Crippen LogP contribution in [0.3, 0.4) is 0 Å². The summed E-state index contributed by atoms with van der Waals surface area (Å²) in [4.78, 5) is 0. The Morgan fingerprint density at radius 1 is 1.38 bits per heavy atom. The fraction of sp³-hybridized carbons (Fsp3) is 0.455. The molecular weight excluding hydrogens is 213 g/mol. The van der Waals surface area contributed by atoms with Crippen molar-refractivity contribution in [3.05, 3.63) is 23.0 Å². The van der Waals surface area contributed by atoms with Gasteiger partial charge in [0.05, 0.1) is 20.3 Å². The molecule has 0 aliphatic carbocycles. The highest BCUT2D eigenvalue weighted by Gasteiger charge is 2.20. The average molecular weight is 229 g/mol. The third-order valence-corrected chi connectivity index (χ3v) is 2.47. The lowest BCUT2D eigenvalue weighted by molar-refractivity contribution is 0.184. The second-order valence-electron chi connectivity index (χ2n) is 3.39. The average Bonchev–Trinajstić information content (AvgIpc) is 2.29. The fourth-order valence-corrected chi connectivity index (χ4v) is 1.63. The second kappa shape index (κ2) is 5.14. The first-order chi connectivity index (χ1) is 7.56. The van der Waals surface area contributed by atoms with E-state index in [2.05, 4.69) is 0 Å². The standard InChI is InChI=1S/C11H16FNO3/c1-6-7(9(14)5-13)4-8(12)11(16-3)10(6)15-2/h4,9,14H,5,13H2,1-3H3. The maximum absolute atomic E-state index is 13.6. The van der Waals surface area contributed by atoms with Crippen molar-refractivity contribution in [3.8, 4) is 11.5 Å². The van der Waals surface area contributed by atoms with Crippen molar-refractivity contribution in [2.45, 2.75) is 13.0 Å². The zero-order chi connectivity index (χ0) is 12.3. The third kappa shape index (κ3) is 2.10. The number of benzene rings is 1. The molecule has 90 valence electrons. The van der Waals surface area contributed by atoms with Crippen LogP contribution >= 0.6 is 0 Å². The summed E-state index contributed by atoms with van der Waals surface area (Å²) < 4.78 is 23.6. The molecule has 0 aromatic heterocycles. The van der Waals surface area contributed by atoms with Crippen molar-refractivity contribution in [1.29, 1.82) is 0 Å². The Morgan fingerprint density at radius 2 is 1.94 bits per heavy atom. The summed E-state index contributed by atoms with van der Waals surface area (Å²) in [7, 11) is 2.78. The van der Waals surface area contributed by atoms with Crippen molar-refractivity contribution in [3.63, 3.8) is 0 Å². The molecule has 1 aromatic carbocycles. The van der Waals surface area contributed by atoms with Crippen LogP contribution in [-0.2, 0) is 0 Å². The maximum Gasteiger partial charge on any atom is 0.197 e. The SMILES string of the molecule is COc1c(F)cc(C(O)CN)c(C)c1OC. The van der Waals surface area contributed by atoms with Crippen LogP contribution in [0.4, 0.5) is 4.39 Å². The van der Waals surface area contributed by atoms with Crippen molar-refractivity contribution in [1.82, 2.24) is 0 Å². The predicted octanol–water partition coefficient (Wildman–Crippen LogP) is 1.14. The van der Waals surface area contributed by atoms with E-state index in [4.69, 9.17) is 15.2 Å². The van der Waals surface area contributed by atoms with Crippen LogP contribution < -0.4 is 15.2 Å². The number of ether oxygens (including phenoxy) is 2. The van der Waals surface area contributed by atoms with Crippen molar-refractivity contribution in [2.24, 2.45) is 5.73 Å². The van der Waals surface area contributed by atoms with E-state index in [0.29, 0.717) is 11.1 Å². The lowest BCUT2D eigenvalue weighted by atomic mass is 10.0. The minimum Gasteiger partial charge on any atom is -0.492 e. The van der Waals surface area contributed by atoms with Crippen molar-refractivity contribution >= 4 is 0 Å². The number of halogens is 1. The van der Waals surface area contributed by atoms with Gasteiger partial charge in [0.25, 0.3) is 0 Å². The molecule has 0 fully saturated rings. The molecule has 0 amide bonds. The summed E-state index contributed by atoms with van der Waals surface area (Å²) in [5, 5.41) is 9.63. The predicted molar refractivity (Wildman–Crippen MR) is 58.3 cm³/mol. The maximum atomic E-state index is 13.6. The van der Waals surface area contributed by atoms with Crippen LogP contribution in [0, 0.1) is 12.7 Å². The zero-order valence-corrected chi connectivity index (χ0v) is 9.58. The van der Waals surface area contributed by atoms with Crippen molar-refractivity contribution in [2.75, 3.05) is 20.8 Å². The van der Waals surface area contributed by atoms with Gasteiger partial charge in [-0.15, -0.1) is 0 Å². The molecule has 0 saturated carbocycles. The van der Waals surface area contributed by atoms with Crippen LogP contribution in [0.1, 0.15) is 17.2 Å². The summed E-state index contributed by atoms with van der Waals surface area (Å²) in [5.41, 5.74) is 6.38. The van der Waals surface area contributed by atoms with E-state index in [1.165, 1.54) is 20.3 Å². The molecule has 1 rings (SSSR count). The molecule has 4 nitrogen and oxygen atoms in total. The van der Waals surface area contributed by atoms with Gasteiger partial charge in [0, 0.05) is 12.1 Å². The highest BCUT2D eigenvalue weighted by atomic mass is 19.1. The Bertz CT molecular complexity index is 382. The Labute approximate surface area is 93.8 Å². The van der Waals surface area contributed by atoms with Crippen molar-refractivity contribution < 1.29 is 19.0 Å². The minimum absolute atomic E-state index is 0.0236. The number of rotatable bonds is 4. The molecule has 0 saturated heterocycles. The molecule has 5 heteroatoms. The van der Waals surface area contributed by atoms with E-state index in [1.54, 1.807) is 6.92 Å². The molecule has 1 atom stereocenters. The molecule has 0 bridgehead atoms. The van der Waals surface area contributed by atoms with E-state index in [-0.39, 0.29) is 18.0 Å². The van der Waals surface area contributed by atoms with E-state index >= 15 is 0 Å². The summed E-state index contributed by atoms with van der Waals surface area (Å²) in [6, 6.07) is 1.22. The molecule has 0 aliphatic heterocycles. The van der Waals surface area contributed by atoms with Crippen LogP contribution in [0.25, 0.3) is 0 Å². The van der Waals surface area contributed by atoms with Gasteiger partial charge >= 0.3 is 0 Å². The summed E-state index contributed by atoms with van der Waals surface area (Å²) in [5.74, 6) is -0.259. The van der Waals surface area contributed by atoms with Gasteiger partial charge in [-0.05, 0) is 18.6 Å². The largest absolute Gasteiger partial charge is 0.492 e. The fourth-order valence-electron chi connectivity index (χ4n) is 1.63. The monoisotopic (exact) mass is 229 g/mol. The number of methoxy groups -OCH3 is 2. The van der Waals surface area contributed by atoms with Crippen LogP contribution in [-0.4, -0.2) is 25.9 Å². The highest BCUT2D eigenvalue weighted by molar-refractivity contribution is 5.51. The molecule has 1 unspecified atom stereocenters. The van der Waals surface area contributed by atoms with Crippen LogP contribution in [0.2, 0.25) is 0 Å². The number of aliphatic hydroxyl groups excluding tert-OH is 1. The van der Waals surface area contributed by atoms with E-state index in [0.717, 1.165) is 0 Å². The zero-order valence-electron chi connectivity index (χ0n) is 9.58. The molecule has 0 heterocycles. The Balaban J connectivity index is 3.39. The van der Waals surface area contributed by atoms with Gasteiger partial charge in [-0.2, -0.15) is 0 Å². The van der Waals surface area contributed by atoms with Gasteiger partial charge in [-0.25, -0.2) is 4.39 Å². The Hall–Kier alpha value is -1.33. The number of hydrogen-bond donors (Lipinski definition) is 2. The van der Waals surface area contributed by atoms with Gasteiger partial charge in [0.1, 0.15) is 0 Å². The van der Waals surface area contributed by atoms with E-state index < -0.39 is 11.9 Å². The molecule has 0 aliphatic rings. The van der Waals surface area contributed by atoms with Gasteiger partial charge in [0.15, 0.2) is 17.3 Å². The van der Waals surface area contributed by atoms with Gasteiger partial charge in [0.2, 0.25) is 0 Å². The normalized spacial score (nSPS) is 12.4. The first-order valence-corrected chi connectivity index (χ1v) is 4.85. The molecule has 3 N–H and O–H groups in total. The van der Waals surface area contributed by atoms with Crippen LogP contribution in [0.15, 0.2) is 6.07 Å². The van der Waals surface area contributed by atoms with E-state index in [9.17, 15) is 9.50 Å². The topological polar surface area (TPSA) is 64.7 Å². The first-order valence-electron chi connectivity index (χ1n) is 4.85. The third-order valence-electron chi connectivity index (χ3n) is 2.47. The first kappa shape index (κ1) is 12.7. The second-order valence-corrected chi connectivity index (χ2v) is 3.39. The summed E-state index contributed by atoms with van der Waals surface area (Å²) in [6.07, 6.45) is -0.908. The van der Waals surface area contributed by atoms with Gasteiger partial charge in [-0.1, -0.05) is 0 Å². The molecule has 0 radical (unpaired) electrons. The summed E-state index contributed by atoms with van der Waals surface area (Å²) >= 11 is 0. The summed E-state index contributed by atoms with van der Waals surface area (Å²) in [6.45, 7) is 1.74. The van der Waals surface area contributed by atoms with Crippen LogP contribution in [0.5, 0.6) is 11.5 Å². The quantitative estimate of drug-likeness (QED) is 0.812. The number of aliphatic hydroxyl groups is 1. The highest BCUT2D eigenvalue weighted by Crippen LogP contribution is 2.37. The van der Waals surface area contributed by atoms with E-state index in [1.807, 2.05) is 0 Å². The number of nitrogens with two attached hydrogens (primary N) is 1. The van der Waals surface area contributed by atoms with Gasteiger partial charge in [-0.3, -0.25) is 0 Å². The smallest absolute Gasteiger partial charge is 0.197 e. The lowest BCUT2D eigenvalue weighted by Gasteiger charge is -2.17.